The van der Waals surface area contributed by atoms with E-state index in [2.05, 4.69) is 20.9 Å². The molecule has 2 aliphatic heterocycles. The first-order valence-electron chi connectivity index (χ1n) is 10.3. The summed E-state index contributed by atoms with van der Waals surface area (Å²) in [5, 5.41) is 9.53. The zero-order valence-electron chi connectivity index (χ0n) is 16.6. The van der Waals surface area contributed by atoms with Gasteiger partial charge in [-0.05, 0) is 5.56 Å². The van der Waals surface area contributed by atoms with Crippen molar-refractivity contribution in [3.63, 3.8) is 0 Å². The van der Waals surface area contributed by atoms with E-state index in [9.17, 15) is 9.90 Å². The predicted molar refractivity (Wildman–Crippen MR) is 104 cm³/mol. The molecule has 2 bridgehead atoms. The van der Waals surface area contributed by atoms with Crippen molar-refractivity contribution in [2.24, 2.45) is 0 Å². The summed E-state index contributed by atoms with van der Waals surface area (Å²) in [7, 11) is 2.25. The van der Waals surface area contributed by atoms with Gasteiger partial charge in [0.1, 0.15) is 12.0 Å². The van der Waals surface area contributed by atoms with Crippen molar-refractivity contribution in [2.75, 3.05) is 13.7 Å². The van der Waals surface area contributed by atoms with Crippen molar-refractivity contribution in [3.05, 3.63) is 35.9 Å². The number of carbonyl (C=O) groups is 1. The monoisotopic (exact) mass is 362 g/mol. The maximum absolute atomic E-state index is 12.4. The van der Waals surface area contributed by atoms with Gasteiger partial charge in [0.25, 0.3) is 0 Å². The molecule has 4 nitrogen and oxygen atoms in total. The fraction of sp³-hybridized carbons (Fsp3) is 0.682. The maximum Gasteiger partial charge on any atom is 0.316 e. The third-order valence-corrected chi connectivity index (χ3v) is 5.91. The Labute approximate surface area is 158 Å². The van der Waals surface area contributed by atoms with Crippen molar-refractivity contribution in [1.82, 2.24) is 0 Å². The Balaban J connectivity index is 0.000000431. The largest absolute Gasteiger partial charge is 0.461 e. The van der Waals surface area contributed by atoms with Gasteiger partial charge in [-0.25, -0.2) is 0 Å². The molecule has 4 heteroatoms. The van der Waals surface area contributed by atoms with E-state index in [1.165, 1.54) is 32.1 Å². The summed E-state index contributed by atoms with van der Waals surface area (Å²) in [5.74, 6) is -0.844. The molecule has 2 fully saturated rings. The van der Waals surface area contributed by atoms with Crippen LogP contribution in [0, 0.1) is 0 Å². The zero-order valence-corrected chi connectivity index (χ0v) is 16.6. The number of carbonyl (C=O) groups excluding carboxylic acids is 1. The molecule has 0 spiro atoms. The summed E-state index contributed by atoms with van der Waals surface area (Å²) >= 11 is 0. The Morgan fingerprint density at radius 2 is 1.73 bits per heavy atom. The third kappa shape index (κ3) is 5.55. The summed E-state index contributed by atoms with van der Waals surface area (Å²) in [6.45, 7) is 4.22. The average molecular weight is 363 g/mol. The van der Waals surface area contributed by atoms with E-state index in [0.717, 1.165) is 18.4 Å². The first-order valence-corrected chi connectivity index (χ1v) is 10.3. The van der Waals surface area contributed by atoms with Crippen LogP contribution in [0.2, 0.25) is 0 Å². The Morgan fingerprint density at radius 1 is 1.15 bits per heavy atom. The van der Waals surface area contributed by atoms with Gasteiger partial charge in [0, 0.05) is 25.7 Å². The van der Waals surface area contributed by atoms with Gasteiger partial charge >= 0.3 is 5.97 Å². The van der Waals surface area contributed by atoms with Gasteiger partial charge in [-0.3, -0.25) is 4.79 Å². The molecular weight excluding hydrogens is 326 g/mol. The number of piperidine rings is 1. The molecule has 2 N–H and O–H groups in total. The quantitative estimate of drug-likeness (QED) is 0.765. The van der Waals surface area contributed by atoms with Gasteiger partial charge in [0.2, 0.25) is 0 Å². The van der Waals surface area contributed by atoms with Crippen molar-refractivity contribution in [2.45, 2.75) is 82.9 Å². The van der Waals surface area contributed by atoms with Crippen LogP contribution in [-0.4, -0.2) is 42.9 Å². The number of benzene rings is 1. The number of esters is 1. The molecule has 146 valence electrons. The number of fused-ring (bicyclic) bond motifs is 2. The van der Waals surface area contributed by atoms with Crippen LogP contribution in [0.3, 0.4) is 0 Å². The number of nitrogens with one attached hydrogen (secondary N) is 1. The first kappa shape index (κ1) is 20.9. The highest BCUT2D eigenvalue weighted by Gasteiger charge is 2.44. The molecule has 0 aliphatic carbocycles. The van der Waals surface area contributed by atoms with Crippen LogP contribution in [0.25, 0.3) is 0 Å². The summed E-state index contributed by atoms with van der Waals surface area (Å²) in [6.07, 6.45) is 8.51. The Hall–Kier alpha value is -1.39. The predicted octanol–water partition coefficient (Wildman–Crippen LogP) is 2.71. The molecule has 2 aliphatic rings. The molecule has 0 amide bonds. The SMILES string of the molecule is CCCCC.C[NH+]1[C@@H]2CC[C@H]1CC(OC(=O)[C@H](CO)c1ccccc1)C2. The maximum atomic E-state index is 12.4. The topological polar surface area (TPSA) is 51.0 Å². The fourth-order valence-electron chi connectivity index (χ4n) is 4.23. The number of rotatable bonds is 6. The lowest BCUT2D eigenvalue weighted by Crippen LogP contribution is -3.15. The Morgan fingerprint density at radius 3 is 2.19 bits per heavy atom. The van der Waals surface area contributed by atoms with Crippen molar-refractivity contribution in [3.8, 4) is 0 Å². The second-order valence-corrected chi connectivity index (χ2v) is 7.74. The lowest BCUT2D eigenvalue weighted by atomic mass is 9.98. The second kappa shape index (κ2) is 10.7. The standard InChI is InChI=1S/C17H23NO3.C5H12/c1-18-13-7-8-14(18)10-15(9-13)21-17(20)16(11-19)12-5-3-2-4-6-12;1-3-5-4-2/h2-6,13-16,19H,7-11H2,1H3;3-5H2,1-2H3/p+1/t13-,14+,15?,16-;/m1./s1. The van der Waals surface area contributed by atoms with Gasteiger partial charge in [0.15, 0.2) is 0 Å². The van der Waals surface area contributed by atoms with Gasteiger partial charge in [-0.15, -0.1) is 0 Å². The lowest BCUT2D eigenvalue weighted by Gasteiger charge is -2.33. The van der Waals surface area contributed by atoms with Crippen LogP contribution in [-0.2, 0) is 9.53 Å². The highest BCUT2D eigenvalue weighted by atomic mass is 16.5. The van der Waals surface area contributed by atoms with Gasteiger partial charge in [-0.1, -0.05) is 63.4 Å². The summed E-state index contributed by atoms with van der Waals surface area (Å²) in [4.78, 5) is 14.0. The Kier molecular flexibility index (Phi) is 8.60. The van der Waals surface area contributed by atoms with Crippen LogP contribution < -0.4 is 4.90 Å². The molecule has 2 heterocycles. The average Bonchev–Trinajstić information content (AvgIpc) is 2.85. The molecule has 1 aromatic rings. The van der Waals surface area contributed by atoms with Crippen LogP contribution in [0.5, 0.6) is 0 Å². The van der Waals surface area contributed by atoms with Crippen LogP contribution >= 0.6 is 0 Å². The third-order valence-electron chi connectivity index (χ3n) is 5.91. The number of quaternary nitrogens is 1. The fourth-order valence-corrected chi connectivity index (χ4v) is 4.23. The minimum atomic E-state index is -0.559. The number of aliphatic hydroxyl groups is 1. The Bertz CT molecular complexity index is 517. The molecule has 2 unspecified atom stereocenters. The van der Waals surface area contributed by atoms with Gasteiger partial charge < -0.3 is 14.7 Å². The number of hydrogen-bond acceptors (Lipinski definition) is 3. The van der Waals surface area contributed by atoms with Gasteiger partial charge in [-0.2, -0.15) is 0 Å². The number of aliphatic hydroxyl groups excluding tert-OH is 1. The van der Waals surface area contributed by atoms with Crippen molar-refractivity contribution >= 4 is 5.97 Å². The van der Waals surface area contributed by atoms with Crippen LogP contribution in [0.4, 0.5) is 0 Å². The van der Waals surface area contributed by atoms with E-state index >= 15 is 0 Å². The smallest absolute Gasteiger partial charge is 0.316 e. The van der Waals surface area contributed by atoms with Crippen LogP contribution in [0.1, 0.15) is 70.3 Å². The van der Waals surface area contributed by atoms with Crippen molar-refractivity contribution in [1.29, 1.82) is 0 Å². The highest BCUT2D eigenvalue weighted by molar-refractivity contribution is 5.78. The zero-order chi connectivity index (χ0) is 18.9. The summed E-state index contributed by atoms with van der Waals surface area (Å²) in [6, 6.07) is 10.7. The van der Waals surface area contributed by atoms with Crippen LogP contribution in [0.15, 0.2) is 30.3 Å². The summed E-state index contributed by atoms with van der Waals surface area (Å²) < 4.78 is 5.72. The van der Waals surface area contributed by atoms with E-state index in [-0.39, 0.29) is 18.7 Å². The van der Waals surface area contributed by atoms with E-state index < -0.39 is 5.92 Å². The lowest BCUT2D eigenvalue weighted by molar-refractivity contribution is -0.923. The normalized spacial score (nSPS) is 28.0. The number of hydrogen-bond donors (Lipinski definition) is 2. The first-order chi connectivity index (χ1) is 12.6. The molecule has 2 saturated heterocycles. The molecule has 0 radical (unpaired) electrons. The number of unbranched alkanes of at least 4 members (excludes halogenated alkanes) is 2. The van der Waals surface area contributed by atoms with Gasteiger partial charge in [0.05, 0.1) is 25.7 Å². The molecule has 3 rings (SSSR count). The minimum absolute atomic E-state index is 0.0245. The van der Waals surface area contributed by atoms with E-state index in [1.54, 1.807) is 4.90 Å². The number of ether oxygens (including phenoxy) is 1. The summed E-state index contributed by atoms with van der Waals surface area (Å²) in [5.41, 5.74) is 0.825. The van der Waals surface area contributed by atoms with E-state index in [0.29, 0.717) is 12.1 Å². The molecule has 0 saturated carbocycles. The highest BCUT2D eigenvalue weighted by Crippen LogP contribution is 2.26. The van der Waals surface area contributed by atoms with E-state index in [1.807, 2.05) is 30.3 Å². The van der Waals surface area contributed by atoms with E-state index in [4.69, 9.17) is 4.74 Å². The molecule has 0 aromatic heterocycles. The van der Waals surface area contributed by atoms with Crippen molar-refractivity contribution < 1.29 is 19.5 Å². The minimum Gasteiger partial charge on any atom is -0.461 e. The second-order valence-electron chi connectivity index (χ2n) is 7.74. The molecule has 1 aromatic carbocycles. The molecule has 26 heavy (non-hydrogen) atoms. The molecule has 5 atom stereocenters. The molecular formula is C22H36NO3+.